The molecule has 0 heterocycles. The van der Waals surface area contributed by atoms with Gasteiger partial charge in [0.05, 0.1) is 4.92 Å². The lowest BCUT2D eigenvalue weighted by molar-refractivity contribution is -0.384. The second-order valence-electron chi connectivity index (χ2n) is 5.38. The van der Waals surface area contributed by atoms with Gasteiger partial charge in [-0.2, -0.15) is 0 Å². The van der Waals surface area contributed by atoms with Crippen LogP contribution in [-0.4, -0.2) is 17.7 Å². The number of nitro groups is 1. The van der Waals surface area contributed by atoms with Crippen LogP contribution in [0.25, 0.3) is 0 Å². The van der Waals surface area contributed by atoms with Gasteiger partial charge in [-0.1, -0.05) is 30.0 Å². The van der Waals surface area contributed by atoms with Crippen molar-refractivity contribution < 1.29 is 4.92 Å². The van der Waals surface area contributed by atoms with E-state index >= 15 is 0 Å². The highest BCUT2D eigenvalue weighted by molar-refractivity contribution is 5.80. The average molecular weight is 306 g/mol. The number of hydrogen-bond acceptors (Lipinski definition) is 3. The summed E-state index contributed by atoms with van der Waals surface area (Å²) in [6, 6.07) is 10.6. The molecular formula is C19H18N2O2. The van der Waals surface area contributed by atoms with Crippen molar-refractivity contribution in [3.63, 3.8) is 0 Å². The van der Waals surface area contributed by atoms with Crippen molar-refractivity contribution in [3.8, 4) is 11.8 Å². The monoisotopic (exact) mass is 306 g/mol. The Hall–Kier alpha value is -2.93. The molecule has 0 radical (unpaired) electrons. The summed E-state index contributed by atoms with van der Waals surface area (Å²) >= 11 is 0. The van der Waals surface area contributed by atoms with Crippen molar-refractivity contribution >= 4 is 11.9 Å². The van der Waals surface area contributed by atoms with Gasteiger partial charge in [-0.15, -0.1) is 0 Å². The zero-order valence-corrected chi connectivity index (χ0v) is 13.5. The summed E-state index contributed by atoms with van der Waals surface area (Å²) in [6.45, 7) is 6.56. The van der Waals surface area contributed by atoms with Crippen LogP contribution in [0.4, 0.5) is 5.69 Å². The fourth-order valence-corrected chi connectivity index (χ4v) is 2.15. The molecule has 0 aliphatic heterocycles. The van der Waals surface area contributed by atoms with Gasteiger partial charge in [0, 0.05) is 23.9 Å². The molecule has 0 aliphatic rings. The normalized spacial score (nSPS) is 10.4. The first-order valence-electron chi connectivity index (χ1n) is 7.28. The number of aliphatic imine (C=N–C) groups is 1. The standard InChI is InChI=1S/C19H18N2O2/c1-14-10-16(3)18(11-15(14)2)7-5-9-20-13-17-6-4-8-19(12-17)21(22)23/h4,6,8,10-13H,9H2,1-3H3. The van der Waals surface area contributed by atoms with Crippen molar-refractivity contribution in [2.24, 2.45) is 4.99 Å². The fourth-order valence-electron chi connectivity index (χ4n) is 2.15. The summed E-state index contributed by atoms with van der Waals surface area (Å²) in [5.74, 6) is 6.14. The highest BCUT2D eigenvalue weighted by Crippen LogP contribution is 2.14. The molecule has 0 amide bonds. The minimum absolute atomic E-state index is 0.0609. The number of benzene rings is 2. The zero-order valence-electron chi connectivity index (χ0n) is 13.5. The summed E-state index contributed by atoms with van der Waals surface area (Å²) in [6.07, 6.45) is 1.61. The van der Waals surface area contributed by atoms with Crippen LogP contribution in [0.2, 0.25) is 0 Å². The SMILES string of the molecule is Cc1cc(C)c(C#CCN=Cc2cccc([N+](=O)[O-])c2)cc1C. The fraction of sp³-hybridized carbons (Fsp3) is 0.211. The lowest BCUT2D eigenvalue weighted by Crippen LogP contribution is -1.90. The Kier molecular flexibility index (Phi) is 5.27. The quantitative estimate of drug-likeness (QED) is 0.372. The van der Waals surface area contributed by atoms with Crippen molar-refractivity contribution in [2.75, 3.05) is 6.54 Å². The Morgan fingerprint density at radius 2 is 1.87 bits per heavy atom. The predicted molar refractivity (Wildman–Crippen MR) is 93.1 cm³/mol. The van der Waals surface area contributed by atoms with Crippen molar-refractivity contribution in [3.05, 3.63) is 74.3 Å². The average Bonchev–Trinajstić information content (AvgIpc) is 2.52. The largest absolute Gasteiger partial charge is 0.280 e. The van der Waals surface area contributed by atoms with E-state index in [4.69, 9.17) is 0 Å². The Labute approximate surface area is 136 Å². The molecule has 2 aromatic rings. The van der Waals surface area contributed by atoms with Gasteiger partial charge < -0.3 is 0 Å². The highest BCUT2D eigenvalue weighted by Gasteiger charge is 2.03. The molecule has 0 unspecified atom stereocenters. The molecule has 0 aromatic heterocycles. The molecule has 116 valence electrons. The molecular weight excluding hydrogens is 288 g/mol. The van der Waals surface area contributed by atoms with E-state index < -0.39 is 4.92 Å². The van der Waals surface area contributed by atoms with E-state index in [0.717, 1.165) is 11.1 Å². The van der Waals surface area contributed by atoms with E-state index in [9.17, 15) is 10.1 Å². The van der Waals surface area contributed by atoms with Gasteiger partial charge in [0.1, 0.15) is 6.54 Å². The van der Waals surface area contributed by atoms with Gasteiger partial charge in [-0.3, -0.25) is 15.1 Å². The van der Waals surface area contributed by atoms with Crippen LogP contribution < -0.4 is 0 Å². The van der Waals surface area contributed by atoms with E-state index in [1.807, 2.05) is 6.92 Å². The second kappa shape index (κ2) is 7.37. The van der Waals surface area contributed by atoms with Crippen LogP contribution in [0.1, 0.15) is 27.8 Å². The molecule has 0 atom stereocenters. The minimum atomic E-state index is -0.417. The molecule has 4 nitrogen and oxygen atoms in total. The molecule has 4 heteroatoms. The van der Waals surface area contributed by atoms with Crippen molar-refractivity contribution in [2.45, 2.75) is 20.8 Å². The molecule has 23 heavy (non-hydrogen) atoms. The number of rotatable bonds is 3. The van der Waals surface area contributed by atoms with Gasteiger partial charge in [-0.05, 0) is 49.1 Å². The van der Waals surface area contributed by atoms with Gasteiger partial charge >= 0.3 is 0 Å². The molecule has 2 aromatic carbocycles. The number of hydrogen-bond donors (Lipinski definition) is 0. The topological polar surface area (TPSA) is 55.5 Å². The molecule has 0 aliphatic carbocycles. The van der Waals surface area contributed by atoms with Crippen LogP contribution >= 0.6 is 0 Å². The maximum Gasteiger partial charge on any atom is 0.270 e. The number of aryl methyl sites for hydroxylation is 3. The highest BCUT2D eigenvalue weighted by atomic mass is 16.6. The van der Waals surface area contributed by atoms with E-state index in [-0.39, 0.29) is 5.69 Å². The van der Waals surface area contributed by atoms with Crippen molar-refractivity contribution in [1.82, 2.24) is 0 Å². The Balaban J connectivity index is 2.05. The number of nitrogens with zero attached hydrogens (tertiary/aromatic N) is 2. The maximum atomic E-state index is 10.7. The number of non-ortho nitro benzene ring substituents is 1. The lowest BCUT2D eigenvalue weighted by Gasteiger charge is -2.03. The molecule has 0 fully saturated rings. The first-order chi connectivity index (χ1) is 11.0. The van der Waals surface area contributed by atoms with Crippen LogP contribution in [0.15, 0.2) is 41.4 Å². The molecule has 0 bridgehead atoms. The summed E-state index contributed by atoms with van der Waals surface area (Å²) in [5.41, 5.74) is 5.41. The molecule has 0 N–H and O–H groups in total. The Morgan fingerprint density at radius 1 is 1.13 bits per heavy atom. The van der Waals surface area contributed by atoms with Gasteiger partial charge in [0.25, 0.3) is 5.69 Å². The summed E-state index contributed by atoms with van der Waals surface area (Å²) in [4.78, 5) is 14.5. The van der Waals surface area contributed by atoms with Crippen LogP contribution in [0, 0.1) is 42.7 Å². The summed E-state index contributed by atoms with van der Waals surface area (Å²) in [7, 11) is 0. The predicted octanol–water partition coefficient (Wildman–Crippen LogP) is 3.99. The molecule has 2 rings (SSSR count). The zero-order chi connectivity index (χ0) is 16.8. The van der Waals surface area contributed by atoms with Crippen LogP contribution in [0.3, 0.4) is 0 Å². The first kappa shape index (κ1) is 16.4. The van der Waals surface area contributed by atoms with Crippen molar-refractivity contribution in [1.29, 1.82) is 0 Å². The van der Waals surface area contributed by atoms with Gasteiger partial charge in [0.15, 0.2) is 0 Å². The minimum Gasteiger partial charge on any atom is -0.280 e. The van der Waals surface area contributed by atoms with E-state index in [2.05, 4.69) is 42.8 Å². The van der Waals surface area contributed by atoms with Crippen LogP contribution in [0.5, 0.6) is 0 Å². The molecule has 0 saturated heterocycles. The second-order valence-corrected chi connectivity index (χ2v) is 5.38. The Morgan fingerprint density at radius 3 is 2.61 bits per heavy atom. The Bertz CT molecular complexity index is 827. The third-order valence-electron chi connectivity index (χ3n) is 3.56. The summed E-state index contributed by atoms with van der Waals surface area (Å²) < 4.78 is 0. The maximum absolute atomic E-state index is 10.7. The third kappa shape index (κ3) is 4.52. The van der Waals surface area contributed by atoms with Gasteiger partial charge in [-0.25, -0.2) is 0 Å². The third-order valence-corrected chi connectivity index (χ3v) is 3.56. The van der Waals surface area contributed by atoms with E-state index in [1.54, 1.807) is 18.3 Å². The first-order valence-corrected chi connectivity index (χ1v) is 7.28. The molecule has 0 spiro atoms. The number of nitro benzene ring substituents is 1. The van der Waals surface area contributed by atoms with Crippen LogP contribution in [-0.2, 0) is 0 Å². The summed E-state index contributed by atoms with van der Waals surface area (Å²) in [5, 5.41) is 10.7. The smallest absolute Gasteiger partial charge is 0.270 e. The van der Waals surface area contributed by atoms with E-state index in [0.29, 0.717) is 12.1 Å². The van der Waals surface area contributed by atoms with Gasteiger partial charge in [0.2, 0.25) is 0 Å². The lowest BCUT2D eigenvalue weighted by atomic mass is 10.0. The molecule has 0 saturated carbocycles. The van der Waals surface area contributed by atoms with E-state index in [1.165, 1.54) is 23.3 Å².